The Balaban J connectivity index is 2.88. The lowest BCUT2D eigenvalue weighted by Gasteiger charge is -2.16. The van der Waals surface area contributed by atoms with Gasteiger partial charge in [-0.25, -0.2) is 13.1 Å². The molecule has 1 aromatic rings. The molecule has 120 valence electrons. The van der Waals surface area contributed by atoms with Gasteiger partial charge in [0, 0.05) is 17.1 Å². The summed E-state index contributed by atoms with van der Waals surface area (Å²) >= 11 is 3.38. The smallest absolute Gasteiger partial charge is 0.241 e. The van der Waals surface area contributed by atoms with Crippen LogP contribution < -0.4 is 10.0 Å². The minimum atomic E-state index is -3.47. The first-order valence-electron chi connectivity index (χ1n) is 7.46. The molecule has 0 bridgehead atoms. The van der Waals surface area contributed by atoms with Gasteiger partial charge in [0.15, 0.2) is 0 Å². The van der Waals surface area contributed by atoms with Crippen LogP contribution in [0.4, 0.5) is 0 Å². The summed E-state index contributed by atoms with van der Waals surface area (Å²) in [6, 6.07) is 5.37. The summed E-state index contributed by atoms with van der Waals surface area (Å²) in [4.78, 5) is 0.300. The molecule has 1 aromatic carbocycles. The normalized spacial score (nSPS) is 12.0. The van der Waals surface area contributed by atoms with Crippen molar-refractivity contribution in [2.45, 2.75) is 57.5 Å². The van der Waals surface area contributed by atoms with Crippen molar-refractivity contribution in [3.8, 4) is 0 Å². The van der Waals surface area contributed by atoms with Gasteiger partial charge in [-0.15, -0.1) is 0 Å². The molecule has 0 spiro atoms. The SMILES string of the molecule is CCCNCc1ccc(S(=O)(=O)NC(CC)CC)c(Br)c1. The van der Waals surface area contributed by atoms with Crippen molar-refractivity contribution in [1.82, 2.24) is 10.0 Å². The number of benzene rings is 1. The second kappa shape index (κ2) is 8.88. The van der Waals surface area contributed by atoms with E-state index in [0.29, 0.717) is 9.37 Å². The van der Waals surface area contributed by atoms with Crippen LogP contribution in [-0.4, -0.2) is 21.0 Å². The highest BCUT2D eigenvalue weighted by Crippen LogP contribution is 2.24. The van der Waals surface area contributed by atoms with E-state index in [2.05, 4.69) is 32.9 Å². The van der Waals surface area contributed by atoms with Gasteiger partial charge in [-0.05, 0) is 59.4 Å². The number of sulfonamides is 1. The van der Waals surface area contributed by atoms with Gasteiger partial charge in [0.25, 0.3) is 0 Å². The number of rotatable bonds is 9. The van der Waals surface area contributed by atoms with E-state index in [4.69, 9.17) is 0 Å². The van der Waals surface area contributed by atoms with Gasteiger partial charge in [-0.2, -0.15) is 0 Å². The molecular formula is C15H25BrN2O2S. The van der Waals surface area contributed by atoms with Gasteiger partial charge in [-0.3, -0.25) is 0 Å². The summed E-state index contributed by atoms with van der Waals surface area (Å²) in [7, 11) is -3.47. The third kappa shape index (κ3) is 5.70. The lowest BCUT2D eigenvalue weighted by atomic mass is 10.2. The molecule has 0 aliphatic rings. The first-order valence-corrected chi connectivity index (χ1v) is 9.73. The molecule has 21 heavy (non-hydrogen) atoms. The Morgan fingerprint density at radius 3 is 2.38 bits per heavy atom. The van der Waals surface area contributed by atoms with E-state index >= 15 is 0 Å². The van der Waals surface area contributed by atoms with Crippen molar-refractivity contribution in [3.63, 3.8) is 0 Å². The first kappa shape index (κ1) is 18.6. The van der Waals surface area contributed by atoms with E-state index < -0.39 is 10.0 Å². The second-order valence-electron chi connectivity index (χ2n) is 5.08. The van der Waals surface area contributed by atoms with Crippen LogP contribution in [0.15, 0.2) is 27.6 Å². The van der Waals surface area contributed by atoms with Crippen molar-refractivity contribution in [2.75, 3.05) is 6.54 Å². The Kier molecular flexibility index (Phi) is 7.87. The van der Waals surface area contributed by atoms with Crippen LogP contribution in [0.3, 0.4) is 0 Å². The van der Waals surface area contributed by atoms with Crippen LogP contribution in [-0.2, 0) is 16.6 Å². The highest BCUT2D eigenvalue weighted by molar-refractivity contribution is 9.10. The quantitative estimate of drug-likeness (QED) is 0.649. The molecule has 0 aliphatic carbocycles. The third-order valence-corrected chi connectivity index (χ3v) is 5.85. The van der Waals surface area contributed by atoms with Crippen LogP contribution >= 0.6 is 15.9 Å². The predicted octanol–water partition coefficient (Wildman–Crippen LogP) is 3.42. The van der Waals surface area contributed by atoms with Crippen LogP contribution in [0, 0.1) is 0 Å². The second-order valence-corrected chi connectivity index (χ2v) is 7.61. The van der Waals surface area contributed by atoms with Crippen LogP contribution in [0.25, 0.3) is 0 Å². The van der Waals surface area contributed by atoms with Gasteiger partial charge in [0.05, 0.1) is 4.90 Å². The molecule has 0 amide bonds. The lowest BCUT2D eigenvalue weighted by Crippen LogP contribution is -2.34. The molecular weight excluding hydrogens is 352 g/mol. The highest BCUT2D eigenvalue weighted by Gasteiger charge is 2.20. The molecule has 0 saturated carbocycles. The van der Waals surface area contributed by atoms with Crippen molar-refractivity contribution in [3.05, 3.63) is 28.2 Å². The Morgan fingerprint density at radius 1 is 1.19 bits per heavy atom. The minimum Gasteiger partial charge on any atom is -0.313 e. The molecule has 0 saturated heterocycles. The van der Waals surface area contributed by atoms with E-state index in [9.17, 15) is 8.42 Å². The largest absolute Gasteiger partial charge is 0.313 e. The maximum absolute atomic E-state index is 12.4. The molecule has 0 fully saturated rings. The van der Waals surface area contributed by atoms with Gasteiger partial charge in [0.1, 0.15) is 0 Å². The van der Waals surface area contributed by atoms with Crippen LogP contribution in [0.2, 0.25) is 0 Å². The van der Waals surface area contributed by atoms with E-state index in [1.807, 2.05) is 26.0 Å². The van der Waals surface area contributed by atoms with E-state index in [1.54, 1.807) is 6.07 Å². The molecule has 4 nitrogen and oxygen atoms in total. The minimum absolute atomic E-state index is 0.0206. The zero-order valence-corrected chi connectivity index (χ0v) is 15.4. The Bertz CT molecular complexity index is 543. The Morgan fingerprint density at radius 2 is 1.86 bits per heavy atom. The summed E-state index contributed by atoms with van der Waals surface area (Å²) in [5, 5.41) is 3.30. The molecule has 0 radical (unpaired) electrons. The molecule has 6 heteroatoms. The first-order chi connectivity index (χ1) is 9.94. The maximum atomic E-state index is 12.4. The molecule has 1 rings (SSSR count). The maximum Gasteiger partial charge on any atom is 0.241 e. The topological polar surface area (TPSA) is 58.2 Å². The third-order valence-electron chi connectivity index (χ3n) is 3.35. The average molecular weight is 377 g/mol. The zero-order valence-electron chi connectivity index (χ0n) is 12.9. The number of nitrogens with one attached hydrogen (secondary N) is 2. The van der Waals surface area contributed by atoms with E-state index in [-0.39, 0.29) is 6.04 Å². The summed E-state index contributed by atoms with van der Waals surface area (Å²) < 4.78 is 28.1. The standard InChI is InChI=1S/C15H25BrN2O2S/c1-4-9-17-11-12-7-8-15(14(16)10-12)21(19,20)18-13(5-2)6-3/h7-8,10,13,17-18H,4-6,9,11H2,1-3H3. The zero-order chi connectivity index (χ0) is 15.9. The van der Waals surface area contributed by atoms with Gasteiger partial charge < -0.3 is 5.32 Å². The monoisotopic (exact) mass is 376 g/mol. The summed E-state index contributed by atoms with van der Waals surface area (Å²) in [5.41, 5.74) is 1.07. The number of hydrogen-bond donors (Lipinski definition) is 2. The Hall–Kier alpha value is -0.430. The van der Waals surface area contributed by atoms with Crippen molar-refractivity contribution < 1.29 is 8.42 Å². The summed E-state index contributed by atoms with van der Waals surface area (Å²) in [6.45, 7) is 7.77. The van der Waals surface area contributed by atoms with Gasteiger partial charge in [0.2, 0.25) is 10.0 Å². The fourth-order valence-electron chi connectivity index (χ4n) is 2.02. The van der Waals surface area contributed by atoms with Gasteiger partial charge >= 0.3 is 0 Å². The number of halogens is 1. The molecule has 0 aliphatic heterocycles. The molecule has 0 atom stereocenters. The molecule has 0 unspecified atom stereocenters. The fourth-order valence-corrected chi connectivity index (χ4v) is 4.55. The van der Waals surface area contributed by atoms with Crippen molar-refractivity contribution in [1.29, 1.82) is 0 Å². The van der Waals surface area contributed by atoms with Gasteiger partial charge in [-0.1, -0.05) is 26.8 Å². The van der Waals surface area contributed by atoms with Crippen molar-refractivity contribution >= 4 is 26.0 Å². The van der Waals surface area contributed by atoms with Crippen molar-refractivity contribution in [2.24, 2.45) is 0 Å². The number of hydrogen-bond acceptors (Lipinski definition) is 3. The molecule has 0 heterocycles. The molecule has 2 N–H and O–H groups in total. The average Bonchev–Trinajstić information content (AvgIpc) is 2.45. The summed E-state index contributed by atoms with van der Waals surface area (Å²) in [6.07, 6.45) is 2.64. The highest BCUT2D eigenvalue weighted by atomic mass is 79.9. The van der Waals surface area contributed by atoms with Crippen LogP contribution in [0.1, 0.15) is 45.6 Å². The van der Waals surface area contributed by atoms with E-state index in [1.165, 1.54) is 0 Å². The molecule has 0 aromatic heterocycles. The van der Waals surface area contributed by atoms with Crippen LogP contribution in [0.5, 0.6) is 0 Å². The lowest BCUT2D eigenvalue weighted by molar-refractivity contribution is 0.530. The Labute approximate surface area is 136 Å². The predicted molar refractivity (Wildman–Crippen MR) is 90.8 cm³/mol. The van der Waals surface area contributed by atoms with E-state index in [0.717, 1.165) is 37.9 Å². The summed E-state index contributed by atoms with van der Waals surface area (Å²) in [5.74, 6) is 0. The fraction of sp³-hybridized carbons (Fsp3) is 0.600.